The van der Waals surface area contributed by atoms with Gasteiger partial charge in [0.15, 0.2) is 0 Å². The van der Waals surface area contributed by atoms with Gasteiger partial charge in [-0.05, 0) is 47.0 Å². The number of benzene rings is 1. The summed E-state index contributed by atoms with van der Waals surface area (Å²) in [6, 6.07) is 4.37. The van der Waals surface area contributed by atoms with Gasteiger partial charge in [-0.1, -0.05) is 31.3 Å². The fraction of sp³-hybridized carbons (Fsp3) is 0.375. The van der Waals surface area contributed by atoms with Crippen LogP contribution in [0, 0.1) is 17.7 Å². The summed E-state index contributed by atoms with van der Waals surface area (Å²) in [5.74, 6) is 4.93. The molecule has 1 aliphatic rings. The van der Waals surface area contributed by atoms with Crippen molar-refractivity contribution in [2.75, 3.05) is 13.1 Å². The number of aliphatic hydroxyl groups excluding tert-OH is 1. The quantitative estimate of drug-likeness (QED) is 0.486. The molecule has 0 saturated carbocycles. The molecule has 3 aromatic rings. The number of aromatic nitrogens is 2. The van der Waals surface area contributed by atoms with Crippen molar-refractivity contribution in [2.45, 2.75) is 45.0 Å². The number of hydrogen-bond donors (Lipinski definition) is 1. The second-order valence-corrected chi connectivity index (χ2v) is 10.4. The number of likely N-dealkylation sites (tertiary alicyclic amines) is 1. The molecule has 1 N–H and O–H groups in total. The molecule has 1 saturated heterocycles. The molecule has 1 aromatic carbocycles. The van der Waals surface area contributed by atoms with Crippen molar-refractivity contribution in [2.24, 2.45) is 0 Å². The zero-order chi connectivity index (χ0) is 24.6. The number of halogens is 3. The molecule has 0 bridgehead atoms. The molecule has 2 aromatic heterocycles. The molecule has 0 aliphatic carbocycles. The lowest BCUT2D eigenvalue weighted by Gasteiger charge is -2.42. The summed E-state index contributed by atoms with van der Waals surface area (Å²) in [4.78, 5) is 32.6. The highest BCUT2D eigenvalue weighted by Crippen LogP contribution is 2.37. The van der Waals surface area contributed by atoms with Crippen LogP contribution in [0.25, 0.3) is 21.3 Å². The Morgan fingerprint density at radius 1 is 1.41 bits per heavy atom. The van der Waals surface area contributed by atoms with E-state index in [1.807, 2.05) is 6.92 Å². The monoisotopic (exact) mass is 549 g/mol. The van der Waals surface area contributed by atoms with Crippen LogP contribution in [0.2, 0.25) is 0 Å². The minimum Gasteiger partial charge on any atom is -0.380 e. The summed E-state index contributed by atoms with van der Waals surface area (Å²) in [6.45, 7) is 3.08. The van der Waals surface area contributed by atoms with Crippen LogP contribution in [0.3, 0.4) is 0 Å². The Balaban J connectivity index is 1.81. The number of thiophene rings is 1. The maximum Gasteiger partial charge on any atom is 0.263 e. The third-order valence-electron chi connectivity index (χ3n) is 5.50. The van der Waals surface area contributed by atoms with Crippen LogP contribution < -0.4 is 5.56 Å². The molecular weight excluding hydrogens is 528 g/mol. The van der Waals surface area contributed by atoms with E-state index in [4.69, 9.17) is 0 Å². The minimum atomic E-state index is -1.41. The first-order chi connectivity index (χ1) is 16.1. The van der Waals surface area contributed by atoms with Crippen LogP contribution in [0.15, 0.2) is 33.8 Å². The third-order valence-corrected chi connectivity index (χ3v) is 7.12. The van der Waals surface area contributed by atoms with Crippen molar-refractivity contribution < 1.29 is 18.7 Å². The third kappa shape index (κ3) is 4.92. The first kappa shape index (κ1) is 24.5. The highest BCUT2D eigenvalue weighted by molar-refractivity contribution is 9.10. The predicted molar refractivity (Wildman–Crippen MR) is 131 cm³/mol. The molecule has 1 unspecified atom stereocenters. The summed E-state index contributed by atoms with van der Waals surface area (Å²) < 4.78 is 29.1. The van der Waals surface area contributed by atoms with Gasteiger partial charge in [-0.15, -0.1) is 11.3 Å². The van der Waals surface area contributed by atoms with Gasteiger partial charge < -0.3 is 10.0 Å². The lowest BCUT2D eigenvalue weighted by Crippen LogP contribution is -2.60. The molecule has 178 valence electrons. The van der Waals surface area contributed by atoms with Gasteiger partial charge in [-0.25, -0.2) is 13.8 Å². The summed E-state index contributed by atoms with van der Waals surface area (Å²) in [5.41, 5.74) is -0.838. The van der Waals surface area contributed by atoms with E-state index in [-0.39, 0.29) is 35.4 Å². The molecule has 0 spiro atoms. The van der Waals surface area contributed by atoms with Gasteiger partial charge in [0.2, 0.25) is 5.91 Å². The van der Waals surface area contributed by atoms with Gasteiger partial charge in [-0.3, -0.25) is 14.2 Å². The molecule has 1 aliphatic heterocycles. The number of fused-ring (bicyclic) bond motifs is 1. The van der Waals surface area contributed by atoms with E-state index in [1.54, 1.807) is 12.1 Å². The van der Waals surface area contributed by atoms with Crippen LogP contribution in [0.4, 0.5) is 8.78 Å². The Bertz CT molecular complexity index is 1380. The average molecular weight is 550 g/mol. The largest absolute Gasteiger partial charge is 0.380 e. The van der Waals surface area contributed by atoms with Crippen molar-refractivity contribution >= 4 is 43.4 Å². The van der Waals surface area contributed by atoms with Crippen molar-refractivity contribution in [3.05, 3.63) is 50.0 Å². The first-order valence-corrected chi connectivity index (χ1v) is 12.3. The molecule has 6 nitrogen and oxygen atoms in total. The van der Waals surface area contributed by atoms with E-state index >= 15 is 0 Å². The number of rotatable bonds is 5. The minimum absolute atomic E-state index is 0.0105. The second-order valence-electron chi connectivity index (χ2n) is 8.53. The summed E-state index contributed by atoms with van der Waals surface area (Å²) >= 11 is 4.37. The molecule has 34 heavy (non-hydrogen) atoms. The molecule has 1 fully saturated rings. The Morgan fingerprint density at radius 3 is 2.79 bits per heavy atom. The molecule has 1 amide bonds. The molecule has 1 atom stereocenters. The Morgan fingerprint density at radius 2 is 2.15 bits per heavy atom. The van der Waals surface area contributed by atoms with Crippen molar-refractivity contribution in [3.8, 4) is 23.0 Å². The summed E-state index contributed by atoms with van der Waals surface area (Å²) in [5, 5.41) is 10.3. The Labute approximate surface area is 207 Å². The predicted octanol–water partition coefficient (Wildman–Crippen LogP) is 4.11. The van der Waals surface area contributed by atoms with E-state index in [1.165, 1.54) is 40.1 Å². The van der Waals surface area contributed by atoms with Crippen LogP contribution in [0.1, 0.15) is 31.6 Å². The Hall–Kier alpha value is -2.61. The van der Waals surface area contributed by atoms with Crippen molar-refractivity contribution in [1.29, 1.82) is 0 Å². The first-order valence-electron chi connectivity index (χ1n) is 10.7. The van der Waals surface area contributed by atoms with E-state index in [0.29, 0.717) is 27.3 Å². The number of alkyl halides is 1. The lowest BCUT2D eigenvalue weighted by atomic mass is 9.99. The van der Waals surface area contributed by atoms with E-state index in [2.05, 4.69) is 32.8 Å². The highest BCUT2D eigenvalue weighted by Gasteiger charge is 2.41. The lowest BCUT2D eigenvalue weighted by molar-refractivity contribution is -0.144. The second kappa shape index (κ2) is 9.56. The van der Waals surface area contributed by atoms with E-state index < -0.39 is 23.1 Å². The van der Waals surface area contributed by atoms with Crippen molar-refractivity contribution in [3.63, 3.8) is 0 Å². The number of carbonyl (C=O) groups is 1. The molecule has 10 heteroatoms. The van der Waals surface area contributed by atoms with E-state index in [9.17, 15) is 23.5 Å². The standard InChI is InChI=1S/C24H22BrF2N3O3S/c1-3-4-15(31)6-8-18-20(14-5-7-17(26)16(25)9-14)21-22(34-18)28-13-29(23(21)33)10-19(32)30-11-24(2,27)12-30/h5,7,9,13,15,31H,3-4,10-12H2,1-2H3. The normalized spacial score (nSPS) is 15.5. The maximum atomic E-state index is 13.9. The van der Waals surface area contributed by atoms with Crippen LogP contribution >= 0.6 is 27.3 Å². The van der Waals surface area contributed by atoms with Crippen LogP contribution in [0.5, 0.6) is 0 Å². The highest BCUT2D eigenvalue weighted by atomic mass is 79.9. The molecular formula is C24H22BrF2N3O3S. The van der Waals surface area contributed by atoms with Gasteiger partial charge in [0, 0.05) is 5.56 Å². The summed E-state index contributed by atoms with van der Waals surface area (Å²) in [7, 11) is 0. The number of carbonyl (C=O) groups excluding carboxylic acids is 1. The average Bonchev–Trinajstić information content (AvgIpc) is 3.14. The maximum absolute atomic E-state index is 13.9. The Kier molecular flexibility index (Phi) is 6.90. The van der Waals surface area contributed by atoms with Crippen LogP contribution in [-0.2, 0) is 11.3 Å². The van der Waals surface area contributed by atoms with E-state index in [0.717, 1.165) is 6.42 Å². The topological polar surface area (TPSA) is 75.4 Å². The molecule has 3 heterocycles. The fourth-order valence-corrected chi connectivity index (χ4v) is 5.22. The fourth-order valence-electron chi connectivity index (χ4n) is 3.82. The smallest absolute Gasteiger partial charge is 0.263 e. The van der Waals surface area contributed by atoms with Crippen LogP contribution in [-0.4, -0.2) is 50.3 Å². The van der Waals surface area contributed by atoms with Gasteiger partial charge in [0.1, 0.15) is 29.0 Å². The van der Waals surface area contributed by atoms with Gasteiger partial charge in [0.05, 0.1) is 34.2 Å². The number of nitrogens with zero attached hydrogens (tertiary/aromatic N) is 3. The molecule has 4 rings (SSSR count). The zero-order valence-corrected chi connectivity index (χ0v) is 21.0. The number of amides is 1. The van der Waals surface area contributed by atoms with Gasteiger partial charge in [-0.2, -0.15) is 0 Å². The molecule has 0 radical (unpaired) electrons. The van der Waals surface area contributed by atoms with Crippen molar-refractivity contribution in [1.82, 2.24) is 14.5 Å². The zero-order valence-electron chi connectivity index (χ0n) is 18.6. The summed E-state index contributed by atoms with van der Waals surface area (Å²) in [6.07, 6.45) is 1.75. The van der Waals surface area contributed by atoms with Gasteiger partial charge >= 0.3 is 0 Å². The number of aliphatic hydroxyl groups is 1. The number of hydrogen-bond acceptors (Lipinski definition) is 5. The SMILES string of the molecule is CCCC(O)C#Cc1sc2ncn(CC(=O)N3CC(C)(F)C3)c(=O)c2c1-c1ccc(F)c(Br)c1. The van der Waals surface area contributed by atoms with Gasteiger partial charge in [0.25, 0.3) is 5.56 Å².